The summed E-state index contributed by atoms with van der Waals surface area (Å²) < 4.78 is 28.3. The first-order chi connectivity index (χ1) is 3.48. The Bertz CT molecular complexity index is 148. The smallest absolute Gasteiger partial charge is 0.268 e. The highest BCUT2D eigenvalue weighted by Crippen LogP contribution is 1.97. The first-order valence-electron chi connectivity index (χ1n) is 2.03. The van der Waals surface area contributed by atoms with Gasteiger partial charge >= 0.3 is 0 Å². The minimum Gasteiger partial charge on any atom is -0.285 e. The van der Waals surface area contributed by atoms with Crippen LogP contribution in [0.15, 0.2) is 0 Å². The second-order valence-electron chi connectivity index (χ2n) is 1.49. The Kier molecular flexibility index (Phi) is 2.79. The van der Waals surface area contributed by atoms with E-state index in [0.717, 1.165) is 0 Å². The molecular formula is C3H7O3S2. The molecule has 49 valence electrons. The van der Waals surface area contributed by atoms with Crippen LogP contribution in [0, 0.1) is 0 Å². The van der Waals surface area contributed by atoms with Gasteiger partial charge in [-0.25, -0.2) is 0 Å². The number of rotatable bonds is 2. The maximum absolute atomic E-state index is 10.1. The highest BCUT2D eigenvalue weighted by Gasteiger charge is 2.14. The molecule has 1 N–H and O–H groups in total. The van der Waals surface area contributed by atoms with Crippen LogP contribution < -0.4 is 0 Å². The van der Waals surface area contributed by atoms with Crippen LogP contribution in [0.2, 0.25) is 0 Å². The van der Waals surface area contributed by atoms with Crippen molar-refractivity contribution in [3.05, 3.63) is 0 Å². The van der Waals surface area contributed by atoms with Gasteiger partial charge in [-0.05, 0) is 6.92 Å². The quantitative estimate of drug-likeness (QED) is 0.589. The Morgan fingerprint density at radius 1 is 1.75 bits per heavy atom. The monoisotopic (exact) mass is 155 g/mol. The Labute approximate surface area is 54.3 Å². The molecule has 0 aromatic carbocycles. The Morgan fingerprint density at radius 3 is 2.12 bits per heavy atom. The fourth-order valence-electron chi connectivity index (χ4n) is 0.0860. The molecule has 0 heterocycles. The average Bonchev–Trinajstić information content (AvgIpc) is 1.62. The molecule has 1 unspecified atom stereocenters. The van der Waals surface area contributed by atoms with E-state index in [2.05, 4.69) is 12.6 Å². The number of hydrogen-bond acceptors (Lipinski definition) is 2. The molecule has 8 heavy (non-hydrogen) atoms. The zero-order valence-corrected chi connectivity index (χ0v) is 6.00. The first-order valence-corrected chi connectivity index (χ1v) is 4.11. The van der Waals surface area contributed by atoms with E-state index in [0.29, 0.717) is 0 Å². The third kappa shape index (κ3) is 2.54. The Hall–Kier alpha value is 0.260. The summed E-state index contributed by atoms with van der Waals surface area (Å²) in [6.07, 6.45) is 0. The van der Waals surface area contributed by atoms with Gasteiger partial charge in [0.1, 0.15) is 0 Å². The molecule has 1 radical (unpaired) electrons. The molecule has 0 fully saturated rings. The van der Waals surface area contributed by atoms with E-state index in [1.165, 1.54) is 6.92 Å². The SMILES string of the molecule is CC(C[S])S(=O)(=O)O. The molecule has 0 saturated heterocycles. The summed E-state index contributed by atoms with van der Waals surface area (Å²) in [6.45, 7) is 1.36. The molecular weight excluding hydrogens is 148 g/mol. The summed E-state index contributed by atoms with van der Waals surface area (Å²) in [5, 5.41) is -0.808. The van der Waals surface area contributed by atoms with Crippen molar-refractivity contribution in [2.24, 2.45) is 0 Å². The molecule has 1 atom stereocenters. The van der Waals surface area contributed by atoms with Crippen LogP contribution in [0.5, 0.6) is 0 Å². The highest BCUT2D eigenvalue weighted by atomic mass is 32.2. The second kappa shape index (κ2) is 2.70. The van der Waals surface area contributed by atoms with Crippen LogP contribution in [-0.2, 0) is 10.1 Å². The van der Waals surface area contributed by atoms with Crippen LogP contribution >= 0.6 is 12.6 Å². The lowest BCUT2D eigenvalue weighted by Gasteiger charge is -1.99. The van der Waals surface area contributed by atoms with Crippen LogP contribution in [0.25, 0.3) is 0 Å². The van der Waals surface area contributed by atoms with Gasteiger partial charge in [0.15, 0.2) is 0 Å². The molecule has 0 rings (SSSR count). The summed E-state index contributed by atoms with van der Waals surface area (Å²) in [5.41, 5.74) is 0. The summed E-state index contributed by atoms with van der Waals surface area (Å²) >= 11 is 4.38. The maximum atomic E-state index is 10.1. The minimum absolute atomic E-state index is 0.0405. The molecule has 0 aliphatic heterocycles. The molecule has 0 aliphatic rings. The highest BCUT2D eigenvalue weighted by molar-refractivity contribution is 7.88. The van der Waals surface area contributed by atoms with Gasteiger partial charge in [0.2, 0.25) is 0 Å². The van der Waals surface area contributed by atoms with Gasteiger partial charge in [0, 0.05) is 5.75 Å². The molecule has 3 nitrogen and oxygen atoms in total. The van der Waals surface area contributed by atoms with E-state index in [1.54, 1.807) is 0 Å². The fraction of sp³-hybridized carbons (Fsp3) is 1.00. The van der Waals surface area contributed by atoms with Crippen molar-refractivity contribution in [3.8, 4) is 0 Å². The minimum atomic E-state index is -3.86. The van der Waals surface area contributed by atoms with Crippen LogP contribution in [0.3, 0.4) is 0 Å². The fourth-order valence-corrected chi connectivity index (χ4v) is 0.774. The third-order valence-corrected chi connectivity index (χ3v) is 2.64. The molecule has 5 heteroatoms. The van der Waals surface area contributed by atoms with E-state index in [-0.39, 0.29) is 5.75 Å². The van der Waals surface area contributed by atoms with Gasteiger partial charge in [-0.1, -0.05) is 12.6 Å². The molecule has 0 aromatic heterocycles. The van der Waals surface area contributed by atoms with E-state index in [4.69, 9.17) is 4.55 Å². The normalized spacial score (nSPS) is 15.9. The van der Waals surface area contributed by atoms with Gasteiger partial charge in [-0.2, -0.15) is 8.42 Å². The summed E-state index contributed by atoms with van der Waals surface area (Å²) in [7, 11) is -3.86. The van der Waals surface area contributed by atoms with E-state index in [9.17, 15) is 8.42 Å². The van der Waals surface area contributed by atoms with E-state index < -0.39 is 15.4 Å². The van der Waals surface area contributed by atoms with Gasteiger partial charge in [0.05, 0.1) is 5.25 Å². The van der Waals surface area contributed by atoms with E-state index >= 15 is 0 Å². The maximum Gasteiger partial charge on any atom is 0.268 e. The lowest BCUT2D eigenvalue weighted by Crippen LogP contribution is -2.17. The Morgan fingerprint density at radius 2 is 2.12 bits per heavy atom. The largest absolute Gasteiger partial charge is 0.285 e. The zero-order chi connectivity index (χ0) is 6.78. The molecule has 0 spiro atoms. The van der Waals surface area contributed by atoms with Crippen LogP contribution in [0.4, 0.5) is 0 Å². The number of hydrogen-bond donors (Lipinski definition) is 1. The molecule has 0 bridgehead atoms. The molecule has 0 amide bonds. The zero-order valence-electron chi connectivity index (χ0n) is 4.36. The molecule has 0 aliphatic carbocycles. The van der Waals surface area contributed by atoms with Gasteiger partial charge in [0.25, 0.3) is 10.1 Å². The van der Waals surface area contributed by atoms with Crippen molar-refractivity contribution in [2.45, 2.75) is 12.2 Å². The van der Waals surface area contributed by atoms with Gasteiger partial charge in [-0.15, -0.1) is 0 Å². The van der Waals surface area contributed by atoms with Crippen molar-refractivity contribution in [2.75, 3.05) is 5.75 Å². The summed E-state index contributed by atoms with van der Waals surface area (Å²) in [6, 6.07) is 0. The van der Waals surface area contributed by atoms with Crippen molar-refractivity contribution < 1.29 is 13.0 Å². The van der Waals surface area contributed by atoms with Crippen LogP contribution in [0.1, 0.15) is 6.92 Å². The first kappa shape index (κ1) is 8.26. The summed E-state index contributed by atoms with van der Waals surface area (Å²) in [5.74, 6) is 0.0405. The third-order valence-electron chi connectivity index (χ3n) is 0.743. The standard InChI is InChI=1S/C3H7O3S2/c1-3(2-7)8(4,5)6/h3H,2H2,1H3,(H,4,5,6). The van der Waals surface area contributed by atoms with Crippen LogP contribution in [-0.4, -0.2) is 24.0 Å². The predicted octanol–water partition coefficient (Wildman–Crippen LogP) is 0.460. The average molecular weight is 155 g/mol. The lowest BCUT2D eigenvalue weighted by atomic mass is 10.6. The Balaban J connectivity index is 4.04. The lowest BCUT2D eigenvalue weighted by molar-refractivity contribution is 0.474. The van der Waals surface area contributed by atoms with E-state index in [1.807, 2.05) is 0 Å². The summed E-state index contributed by atoms with van der Waals surface area (Å²) in [4.78, 5) is 0. The topological polar surface area (TPSA) is 54.4 Å². The van der Waals surface area contributed by atoms with Crippen molar-refractivity contribution in [3.63, 3.8) is 0 Å². The predicted molar refractivity (Wildman–Crippen MR) is 33.5 cm³/mol. The molecule has 0 saturated carbocycles. The van der Waals surface area contributed by atoms with Crippen molar-refractivity contribution >= 4 is 22.7 Å². The second-order valence-corrected chi connectivity index (χ2v) is 3.66. The van der Waals surface area contributed by atoms with Crippen molar-refractivity contribution in [1.29, 1.82) is 0 Å². The van der Waals surface area contributed by atoms with Gasteiger partial charge < -0.3 is 0 Å². The molecule has 0 aromatic rings. The van der Waals surface area contributed by atoms with Crippen molar-refractivity contribution in [1.82, 2.24) is 0 Å². The van der Waals surface area contributed by atoms with Gasteiger partial charge in [-0.3, -0.25) is 4.55 Å².